The highest BCUT2D eigenvalue weighted by Gasteiger charge is 2.31. The zero-order valence-corrected chi connectivity index (χ0v) is 82.0. The molecule has 14 aromatic carbocycles. The molecule has 748 valence electrons. The van der Waals surface area contributed by atoms with Crippen LogP contribution in [0.25, 0.3) is 70.2 Å². The molecule has 0 aromatic heterocycles. The maximum absolute atomic E-state index is 13.7. The van der Waals surface area contributed by atoms with Gasteiger partial charge in [0.05, 0.1) is 38.9 Å². The van der Waals surface area contributed by atoms with Crippen molar-refractivity contribution in [1.29, 1.82) is 0 Å². The lowest BCUT2D eigenvalue weighted by Crippen LogP contribution is -2.25. The molecule has 26 heteroatoms. The monoisotopic (exact) mass is 1980 g/mol. The first-order valence-electron chi connectivity index (χ1n) is 48.4. The Morgan fingerprint density at radius 2 is 0.667 bits per heavy atom. The highest BCUT2D eigenvalue weighted by molar-refractivity contribution is 7.99. The van der Waals surface area contributed by atoms with Crippen LogP contribution in [-0.4, -0.2) is 113 Å². The van der Waals surface area contributed by atoms with E-state index in [9.17, 15) is 69.1 Å². The van der Waals surface area contributed by atoms with Gasteiger partial charge in [-0.2, -0.15) is 13.2 Å². The van der Waals surface area contributed by atoms with Crippen molar-refractivity contribution in [3.63, 3.8) is 0 Å². The molecule has 0 bridgehead atoms. The number of aliphatic carboxylic acids is 4. The summed E-state index contributed by atoms with van der Waals surface area (Å²) in [6, 6.07) is 83.0. The number of benzene rings is 14. The normalized spacial score (nSPS) is 12.0. The second-order valence-corrected chi connectivity index (χ2v) is 36.9. The summed E-state index contributed by atoms with van der Waals surface area (Å²) >= 11 is 1.74. The number of thioether (sulfide) groups is 1. The molecule has 0 heterocycles. The van der Waals surface area contributed by atoms with Gasteiger partial charge in [-0.3, -0.25) is 38.4 Å². The summed E-state index contributed by atoms with van der Waals surface area (Å²) < 4.78 is 99.2. The van der Waals surface area contributed by atoms with Crippen molar-refractivity contribution in [2.24, 2.45) is 5.92 Å². The Morgan fingerprint density at radius 1 is 0.347 bits per heavy atom. The van der Waals surface area contributed by atoms with Crippen LogP contribution in [0.1, 0.15) is 247 Å². The number of ether oxygens (including phenoxy) is 1. The zero-order valence-electron chi connectivity index (χ0n) is 81.2. The Kier molecular flexibility index (Phi) is 40.9. The molecule has 18 nitrogen and oxygen atoms in total. The van der Waals surface area contributed by atoms with Gasteiger partial charge in [-0.05, 0) is 257 Å². The lowest BCUT2D eigenvalue weighted by molar-refractivity contribution is -0.137. The van der Waals surface area contributed by atoms with Crippen LogP contribution in [0.5, 0.6) is 5.75 Å². The van der Waals surface area contributed by atoms with Gasteiger partial charge < -0.3 is 46.4 Å². The summed E-state index contributed by atoms with van der Waals surface area (Å²) in [5.74, 6) is -6.36. The van der Waals surface area contributed by atoms with E-state index in [1.165, 1.54) is 17.7 Å². The number of carboxylic acid groups (broad SMARTS) is 4. The molecular formula is C118H118F7N5O13S. The van der Waals surface area contributed by atoms with Gasteiger partial charge >= 0.3 is 30.1 Å². The van der Waals surface area contributed by atoms with E-state index >= 15 is 0 Å². The minimum atomic E-state index is -4.29. The third-order valence-electron chi connectivity index (χ3n) is 24.7. The van der Waals surface area contributed by atoms with Gasteiger partial charge in [0, 0.05) is 83.4 Å². The molecule has 144 heavy (non-hydrogen) atoms. The summed E-state index contributed by atoms with van der Waals surface area (Å²) in [6.45, 7) is 21.5. The number of carbonyl (C=O) groups excluding carboxylic acids is 4. The number of unbranched alkanes of at least 4 members (excludes halogenated alkanes) is 1. The Labute approximate surface area is 838 Å². The highest BCUT2D eigenvalue weighted by atomic mass is 32.2. The number of rotatable bonds is 42. The molecule has 14 rings (SSSR count). The molecule has 0 saturated carbocycles. The van der Waals surface area contributed by atoms with Crippen molar-refractivity contribution in [1.82, 2.24) is 21.3 Å². The van der Waals surface area contributed by atoms with E-state index in [1.807, 2.05) is 115 Å². The molecule has 4 unspecified atom stereocenters. The molecule has 0 aliphatic heterocycles. The molecule has 8 N–H and O–H groups in total. The summed E-state index contributed by atoms with van der Waals surface area (Å²) in [4.78, 5) is 96.6. The number of fused-ring (bicyclic) bond motifs is 4. The minimum Gasteiger partial charge on any atom is -0.494 e. The summed E-state index contributed by atoms with van der Waals surface area (Å²) in [5, 5.41) is 53.3. The number of alkyl halides is 3. The standard InChI is InChI=1S/C32H31F2NO3.C30H27F2NO3.C28H30F3NO4.C28H30N2O3S/c1-20(2)3-13-28(21-4-6-22(7-5-21)32(38)35-16-15-31(36)37)27-11-10-23-17-24(8-9-25(23)18-27)26-12-14-29(33)30(34)19-26;1-2-3-26(19-4-6-20(7-5-19)30(36)33-15-14-29(34)35)25-11-10-21-16-22(8-9-23(21)17-25)24-12-13-27(31)28(32)18-24;1-2-3-16-36-24-11-10-21-17-23(9-8-22(21)18-24)25(12-14-28(29,30)31)19-4-6-20(7-5-19)27(35)32-15-13-26(33)34;1-4-6-23(19-7-9-20(10-8-19)28(33)30-16-15-26(31)32)21-11-13-24-22(18-21)12-14-25(27(24)29-3)34-17-5-2/h4-12,14,17-20,28H,3,13,15-16H2,1-2H3,(H,35,38)(H,36,37);4-13,16-18,26H,2-3,14-15H2,1H3,(H,33,36)(H,34,35);4-11,17-18,25H,2-3,12-16H2,1H3,(H,32,35)(H,33,34);7-14,18,23H,4-6,15-17H2,1-2H3,(H,30,33)(H,31,32). The van der Waals surface area contributed by atoms with E-state index in [0.717, 1.165) is 180 Å². The zero-order chi connectivity index (χ0) is 104. The predicted molar refractivity (Wildman–Crippen MR) is 555 cm³/mol. The second kappa shape index (κ2) is 53.8. The van der Waals surface area contributed by atoms with Crippen molar-refractivity contribution in [3.05, 3.63) is 374 Å². The van der Waals surface area contributed by atoms with Crippen molar-refractivity contribution in [3.8, 4) is 28.0 Å². The van der Waals surface area contributed by atoms with Gasteiger partial charge in [-0.1, -0.05) is 243 Å². The largest absolute Gasteiger partial charge is 0.494 e. The Balaban J connectivity index is 0.000000183. The number of hydrogen-bond acceptors (Lipinski definition) is 10. The van der Waals surface area contributed by atoms with Gasteiger partial charge in [0.25, 0.3) is 23.6 Å². The molecule has 0 radical (unpaired) electrons. The van der Waals surface area contributed by atoms with Crippen molar-refractivity contribution >= 4 is 108 Å². The smallest absolute Gasteiger partial charge is 0.389 e. The van der Waals surface area contributed by atoms with Crippen LogP contribution in [0.2, 0.25) is 0 Å². The van der Waals surface area contributed by atoms with Gasteiger partial charge in [0.15, 0.2) is 23.3 Å². The van der Waals surface area contributed by atoms with Gasteiger partial charge in [0.1, 0.15) is 5.75 Å². The number of hydrogen-bond donors (Lipinski definition) is 8. The molecule has 0 saturated heterocycles. The maximum atomic E-state index is 13.7. The van der Waals surface area contributed by atoms with Gasteiger partial charge in [0.2, 0.25) is 5.69 Å². The number of amides is 4. The van der Waals surface area contributed by atoms with E-state index in [4.69, 9.17) is 31.7 Å². The van der Waals surface area contributed by atoms with Crippen molar-refractivity contribution in [2.75, 3.05) is 38.5 Å². The fourth-order valence-electron chi connectivity index (χ4n) is 17.0. The van der Waals surface area contributed by atoms with E-state index < -0.39 is 71.6 Å². The van der Waals surface area contributed by atoms with Crippen LogP contribution in [0.15, 0.2) is 278 Å². The van der Waals surface area contributed by atoms with Crippen LogP contribution >= 0.6 is 11.8 Å². The first kappa shape index (κ1) is 109. The minimum absolute atomic E-state index is 0.00737. The first-order valence-corrected chi connectivity index (χ1v) is 49.4. The number of carbonyl (C=O) groups is 8. The summed E-state index contributed by atoms with van der Waals surface area (Å²) in [7, 11) is 0. The SMILES string of the molecule is CC(C)CCC(c1ccc(C(=O)NCCC(=O)O)cc1)c1ccc2cc(-c3ccc(F)c(F)c3)ccc2c1.CCCC(c1ccc(C(=O)NCCC(=O)O)cc1)c1ccc2cc(-c3ccc(F)c(F)c3)ccc2c1.CCCCOc1ccc2cc(C(CCC(F)(F)F)c3ccc(C(=O)NCCC(=O)O)cc3)ccc2c1.[C-]#[N+]c1c(SCCC)ccc2cc(C(CCC)c3ccc(C(=O)NCCC(=O)O)cc3)ccc12. The highest BCUT2D eigenvalue weighted by Crippen LogP contribution is 2.43. The van der Waals surface area contributed by atoms with Gasteiger partial charge in [-0.15, -0.1) is 11.8 Å². The lowest BCUT2D eigenvalue weighted by atomic mass is 9.84. The van der Waals surface area contributed by atoms with Crippen LogP contribution in [0.4, 0.5) is 36.4 Å². The van der Waals surface area contributed by atoms with Gasteiger partial charge in [-0.25, -0.2) is 22.4 Å². The topological polar surface area (TPSA) is 279 Å². The average Bonchev–Trinajstić information content (AvgIpc) is 0.621. The second-order valence-electron chi connectivity index (χ2n) is 35.7. The number of halogens is 7. The molecule has 0 fully saturated rings. The van der Waals surface area contributed by atoms with Crippen LogP contribution < -0.4 is 26.0 Å². The average molecular weight is 1980 g/mol. The van der Waals surface area contributed by atoms with E-state index in [1.54, 1.807) is 84.6 Å². The van der Waals surface area contributed by atoms with Crippen LogP contribution in [-0.2, 0) is 19.2 Å². The van der Waals surface area contributed by atoms with Crippen molar-refractivity contribution < 1.29 is 94.3 Å². The molecular weight excluding hydrogens is 1860 g/mol. The third-order valence-corrected chi connectivity index (χ3v) is 26.0. The summed E-state index contributed by atoms with van der Waals surface area (Å²) in [6.07, 6.45) is 3.06. The molecule has 0 spiro atoms. The maximum Gasteiger partial charge on any atom is 0.389 e. The first-order chi connectivity index (χ1) is 69.2. The van der Waals surface area contributed by atoms with Crippen LogP contribution in [0, 0.1) is 35.8 Å². The van der Waals surface area contributed by atoms with E-state index in [-0.39, 0.29) is 93.8 Å². The quantitative estimate of drug-likeness (QED) is 0.00765. The number of nitrogens with one attached hydrogen (secondary N) is 4. The Morgan fingerprint density at radius 3 is 1.01 bits per heavy atom. The number of nitrogens with zero attached hydrogens (tertiary/aromatic N) is 1. The van der Waals surface area contributed by atoms with E-state index in [0.29, 0.717) is 51.5 Å². The molecule has 4 atom stereocenters. The number of carboxylic acids is 4. The Hall–Kier alpha value is -15.0. The van der Waals surface area contributed by atoms with Crippen molar-refractivity contribution in [2.45, 2.75) is 173 Å². The summed E-state index contributed by atoms with van der Waals surface area (Å²) in [5.41, 5.74) is 13.7. The predicted octanol–water partition coefficient (Wildman–Crippen LogP) is 28.2. The van der Waals surface area contributed by atoms with E-state index in [2.05, 4.69) is 128 Å². The lowest BCUT2D eigenvalue weighted by Gasteiger charge is -2.20. The Bertz CT molecular complexity index is 6860. The van der Waals surface area contributed by atoms with Crippen LogP contribution in [0.3, 0.4) is 0 Å². The fourth-order valence-corrected chi connectivity index (χ4v) is 17.9. The molecule has 0 aliphatic rings. The fraction of sp³-hybridized carbons (Fsp3) is 0.280. The molecule has 4 amide bonds. The molecule has 0 aliphatic carbocycles. The third kappa shape index (κ3) is 32.0. The molecule has 14 aromatic rings.